The highest BCUT2D eigenvalue weighted by atomic mass is 35.5. The van der Waals surface area contributed by atoms with Gasteiger partial charge < -0.3 is 5.32 Å². The summed E-state index contributed by atoms with van der Waals surface area (Å²) >= 11 is 7.50. The molecule has 1 N–H and O–H groups in total. The number of aromatic nitrogens is 3. The summed E-state index contributed by atoms with van der Waals surface area (Å²) in [7, 11) is 1.89. The monoisotopic (exact) mass is 256 g/mol. The SMILES string of the molecule is CC(NCc1cnnn1C)c1ccc(Cl)s1. The van der Waals surface area contributed by atoms with Gasteiger partial charge in [-0.15, -0.1) is 16.4 Å². The largest absolute Gasteiger partial charge is 0.304 e. The Morgan fingerprint density at radius 3 is 2.94 bits per heavy atom. The number of halogens is 1. The van der Waals surface area contributed by atoms with E-state index in [-0.39, 0.29) is 6.04 Å². The highest BCUT2D eigenvalue weighted by molar-refractivity contribution is 7.16. The highest BCUT2D eigenvalue weighted by Gasteiger charge is 2.08. The molecule has 1 atom stereocenters. The molecule has 0 amide bonds. The zero-order chi connectivity index (χ0) is 11.5. The van der Waals surface area contributed by atoms with E-state index in [0.717, 1.165) is 16.6 Å². The smallest absolute Gasteiger partial charge is 0.0931 e. The van der Waals surface area contributed by atoms with Crippen LogP contribution in [0.15, 0.2) is 18.3 Å². The maximum absolute atomic E-state index is 5.90. The average molecular weight is 257 g/mol. The third-order valence-corrected chi connectivity index (χ3v) is 3.83. The van der Waals surface area contributed by atoms with Crippen molar-refractivity contribution in [1.82, 2.24) is 20.3 Å². The molecule has 0 fully saturated rings. The summed E-state index contributed by atoms with van der Waals surface area (Å²) in [6, 6.07) is 4.25. The van der Waals surface area contributed by atoms with Gasteiger partial charge in [0.15, 0.2) is 0 Å². The van der Waals surface area contributed by atoms with Crippen LogP contribution in [0, 0.1) is 0 Å². The molecule has 0 spiro atoms. The lowest BCUT2D eigenvalue weighted by Crippen LogP contribution is -2.18. The predicted octanol–water partition coefficient (Wildman–Crippen LogP) is 2.38. The Kier molecular flexibility index (Phi) is 3.58. The summed E-state index contributed by atoms with van der Waals surface area (Å²) in [5.41, 5.74) is 1.06. The van der Waals surface area contributed by atoms with Crippen LogP contribution >= 0.6 is 22.9 Å². The fraction of sp³-hybridized carbons (Fsp3) is 0.400. The second-order valence-corrected chi connectivity index (χ2v) is 5.34. The van der Waals surface area contributed by atoms with Crippen LogP contribution in [-0.2, 0) is 13.6 Å². The van der Waals surface area contributed by atoms with Gasteiger partial charge >= 0.3 is 0 Å². The molecule has 0 aromatic carbocycles. The van der Waals surface area contributed by atoms with Gasteiger partial charge in [-0.3, -0.25) is 4.68 Å². The zero-order valence-corrected chi connectivity index (χ0v) is 10.7. The number of rotatable bonds is 4. The first kappa shape index (κ1) is 11.6. The van der Waals surface area contributed by atoms with Gasteiger partial charge in [-0.25, -0.2) is 0 Å². The standard InChI is InChI=1S/C10H13ClN4S/c1-7(9-3-4-10(11)16-9)12-5-8-6-13-14-15(8)2/h3-4,6-7,12H,5H2,1-2H3. The van der Waals surface area contributed by atoms with Gasteiger partial charge in [0.25, 0.3) is 0 Å². The summed E-state index contributed by atoms with van der Waals surface area (Å²) < 4.78 is 2.59. The molecule has 0 bridgehead atoms. The second-order valence-electron chi connectivity index (χ2n) is 3.59. The number of nitrogens with zero attached hydrogens (tertiary/aromatic N) is 3. The number of thiophene rings is 1. The van der Waals surface area contributed by atoms with Crippen molar-refractivity contribution in [2.75, 3.05) is 0 Å². The molecule has 2 aromatic heterocycles. The quantitative estimate of drug-likeness (QED) is 0.913. The molecule has 0 saturated heterocycles. The summed E-state index contributed by atoms with van der Waals surface area (Å²) in [4.78, 5) is 1.24. The lowest BCUT2D eigenvalue weighted by molar-refractivity contribution is 0.552. The third kappa shape index (κ3) is 2.61. The second kappa shape index (κ2) is 4.95. The van der Waals surface area contributed by atoms with E-state index in [4.69, 9.17) is 11.6 Å². The van der Waals surface area contributed by atoms with Crippen molar-refractivity contribution in [1.29, 1.82) is 0 Å². The van der Waals surface area contributed by atoms with Gasteiger partial charge in [-0.2, -0.15) is 0 Å². The Morgan fingerprint density at radius 1 is 1.56 bits per heavy atom. The molecular weight excluding hydrogens is 244 g/mol. The Hall–Kier alpha value is -0.910. The minimum Gasteiger partial charge on any atom is -0.304 e. The third-order valence-electron chi connectivity index (χ3n) is 2.42. The summed E-state index contributed by atoms with van der Waals surface area (Å²) in [5, 5.41) is 11.1. The number of nitrogens with one attached hydrogen (secondary N) is 1. The normalized spacial score (nSPS) is 12.9. The maximum atomic E-state index is 5.90. The number of hydrogen-bond acceptors (Lipinski definition) is 4. The molecule has 2 rings (SSSR count). The molecule has 86 valence electrons. The van der Waals surface area contributed by atoms with Crippen molar-refractivity contribution in [3.63, 3.8) is 0 Å². The summed E-state index contributed by atoms with van der Waals surface area (Å²) in [6.07, 6.45) is 1.77. The van der Waals surface area contributed by atoms with Crippen molar-refractivity contribution in [3.8, 4) is 0 Å². The fourth-order valence-electron chi connectivity index (χ4n) is 1.39. The Bertz CT molecular complexity index is 465. The van der Waals surface area contributed by atoms with E-state index >= 15 is 0 Å². The molecule has 0 aliphatic carbocycles. The van der Waals surface area contributed by atoms with Crippen LogP contribution in [0.1, 0.15) is 23.5 Å². The molecule has 2 aromatic rings. The highest BCUT2D eigenvalue weighted by Crippen LogP contribution is 2.26. The van der Waals surface area contributed by atoms with Gasteiger partial charge in [-0.05, 0) is 19.1 Å². The molecule has 2 heterocycles. The zero-order valence-electron chi connectivity index (χ0n) is 9.14. The first-order chi connectivity index (χ1) is 7.66. The first-order valence-corrected chi connectivity index (χ1v) is 6.18. The van der Waals surface area contributed by atoms with Gasteiger partial charge in [0.05, 0.1) is 16.2 Å². The van der Waals surface area contributed by atoms with Gasteiger partial charge in [0.1, 0.15) is 0 Å². The molecular formula is C10H13ClN4S. The lowest BCUT2D eigenvalue weighted by Gasteiger charge is -2.11. The lowest BCUT2D eigenvalue weighted by atomic mass is 10.2. The van der Waals surface area contributed by atoms with E-state index in [1.165, 1.54) is 4.88 Å². The van der Waals surface area contributed by atoms with Crippen molar-refractivity contribution in [3.05, 3.63) is 33.2 Å². The van der Waals surface area contributed by atoms with Crippen molar-refractivity contribution in [2.24, 2.45) is 7.05 Å². The number of aryl methyl sites for hydroxylation is 1. The van der Waals surface area contributed by atoms with Gasteiger partial charge in [0.2, 0.25) is 0 Å². The molecule has 0 saturated carbocycles. The molecule has 0 radical (unpaired) electrons. The average Bonchev–Trinajstić information content (AvgIpc) is 2.84. The molecule has 4 nitrogen and oxygen atoms in total. The maximum Gasteiger partial charge on any atom is 0.0931 e. The molecule has 16 heavy (non-hydrogen) atoms. The van der Waals surface area contributed by atoms with Crippen LogP contribution in [0.5, 0.6) is 0 Å². The van der Waals surface area contributed by atoms with Crippen molar-refractivity contribution in [2.45, 2.75) is 19.5 Å². The van der Waals surface area contributed by atoms with Crippen molar-refractivity contribution >= 4 is 22.9 Å². The first-order valence-electron chi connectivity index (χ1n) is 4.99. The van der Waals surface area contributed by atoms with Crippen molar-refractivity contribution < 1.29 is 0 Å². The minimum atomic E-state index is 0.285. The fourth-order valence-corrected chi connectivity index (χ4v) is 2.48. The number of hydrogen-bond donors (Lipinski definition) is 1. The van der Waals surface area contributed by atoms with Gasteiger partial charge in [0, 0.05) is 24.5 Å². The molecule has 1 unspecified atom stereocenters. The van der Waals surface area contributed by atoms with E-state index in [1.54, 1.807) is 22.2 Å². The van der Waals surface area contributed by atoms with Gasteiger partial charge in [-0.1, -0.05) is 16.8 Å². The van der Waals surface area contributed by atoms with E-state index in [1.807, 2.05) is 19.2 Å². The topological polar surface area (TPSA) is 42.7 Å². The van der Waals surface area contributed by atoms with E-state index in [2.05, 4.69) is 22.6 Å². The Balaban J connectivity index is 1.93. The van der Waals surface area contributed by atoms with E-state index < -0.39 is 0 Å². The van der Waals surface area contributed by atoms with Crippen LogP contribution in [0.25, 0.3) is 0 Å². The minimum absolute atomic E-state index is 0.285. The Morgan fingerprint density at radius 2 is 2.38 bits per heavy atom. The molecule has 6 heteroatoms. The van der Waals surface area contributed by atoms with Crippen LogP contribution in [0.2, 0.25) is 4.34 Å². The van der Waals surface area contributed by atoms with Crippen LogP contribution in [-0.4, -0.2) is 15.0 Å². The van der Waals surface area contributed by atoms with Crippen LogP contribution < -0.4 is 5.32 Å². The van der Waals surface area contributed by atoms with Crippen LogP contribution in [0.4, 0.5) is 0 Å². The summed E-state index contributed by atoms with van der Waals surface area (Å²) in [6.45, 7) is 2.87. The molecule has 0 aliphatic heterocycles. The van der Waals surface area contributed by atoms with Crippen LogP contribution in [0.3, 0.4) is 0 Å². The van der Waals surface area contributed by atoms with E-state index in [9.17, 15) is 0 Å². The predicted molar refractivity (Wildman–Crippen MR) is 65.6 cm³/mol. The molecule has 0 aliphatic rings. The Labute approximate surface area is 103 Å². The van der Waals surface area contributed by atoms with E-state index in [0.29, 0.717) is 0 Å². The summed E-state index contributed by atoms with van der Waals surface area (Å²) in [5.74, 6) is 0.